The molecule has 0 radical (unpaired) electrons. The normalized spacial score (nSPS) is 12.2. The Morgan fingerprint density at radius 1 is 1.29 bits per heavy atom. The first kappa shape index (κ1) is 16.7. The molecule has 21 heavy (non-hydrogen) atoms. The Bertz CT molecular complexity index is 519. The number of hydrogen-bond acceptors (Lipinski definition) is 6. The average Bonchev–Trinajstić information content (AvgIpc) is 2.42. The van der Waals surface area contributed by atoms with Gasteiger partial charge in [-0.25, -0.2) is 9.59 Å². The molecule has 0 saturated heterocycles. The molecule has 0 aromatic carbocycles. The van der Waals surface area contributed by atoms with Crippen molar-refractivity contribution in [3.05, 3.63) is 42.2 Å². The molecule has 0 fully saturated rings. The summed E-state index contributed by atoms with van der Waals surface area (Å²) in [5.74, 6) is -0.686. The molecule has 0 aliphatic carbocycles. The van der Waals surface area contributed by atoms with E-state index in [1.165, 1.54) is 13.3 Å². The smallest absolute Gasteiger partial charge is 0.466 e. The van der Waals surface area contributed by atoms with Gasteiger partial charge in [-0.05, 0) is 32.9 Å². The zero-order chi connectivity index (χ0) is 16.0. The van der Waals surface area contributed by atoms with Gasteiger partial charge in [-0.2, -0.15) is 0 Å². The Morgan fingerprint density at radius 2 is 1.95 bits per heavy atom. The van der Waals surface area contributed by atoms with Crippen molar-refractivity contribution >= 4 is 12.1 Å². The van der Waals surface area contributed by atoms with Gasteiger partial charge >= 0.3 is 12.1 Å². The monoisotopic (exact) mass is 293 g/mol. The van der Waals surface area contributed by atoms with E-state index in [4.69, 9.17) is 9.47 Å². The summed E-state index contributed by atoms with van der Waals surface area (Å²) in [4.78, 5) is 27.5. The first-order valence-corrected chi connectivity index (χ1v) is 6.32. The number of esters is 1. The highest BCUT2D eigenvalue weighted by Crippen LogP contribution is 2.25. The molecule has 6 heteroatoms. The van der Waals surface area contributed by atoms with Crippen LogP contribution in [0.3, 0.4) is 0 Å². The SMILES string of the molecule is C=C(C(=O)OC)C(OC(=O)OC(C)(C)C)c1ccccn1. The molecule has 0 aliphatic heterocycles. The second kappa shape index (κ2) is 6.88. The second-order valence-electron chi connectivity index (χ2n) is 5.23. The minimum atomic E-state index is -1.06. The summed E-state index contributed by atoms with van der Waals surface area (Å²) in [5.41, 5.74) is -0.390. The molecule has 1 rings (SSSR count). The van der Waals surface area contributed by atoms with Crippen LogP contribution in [0.5, 0.6) is 0 Å². The molecule has 0 aliphatic rings. The topological polar surface area (TPSA) is 74.7 Å². The van der Waals surface area contributed by atoms with E-state index in [2.05, 4.69) is 16.3 Å². The van der Waals surface area contributed by atoms with E-state index in [0.29, 0.717) is 5.69 Å². The number of carbonyl (C=O) groups excluding carboxylic acids is 2. The third-order valence-corrected chi connectivity index (χ3v) is 2.32. The summed E-state index contributed by atoms with van der Waals surface area (Å²) in [7, 11) is 1.22. The van der Waals surface area contributed by atoms with Crippen molar-refractivity contribution in [3.8, 4) is 0 Å². The summed E-state index contributed by atoms with van der Waals surface area (Å²) >= 11 is 0. The number of hydrogen-bond donors (Lipinski definition) is 0. The lowest BCUT2D eigenvalue weighted by Crippen LogP contribution is -2.27. The molecule has 0 spiro atoms. The van der Waals surface area contributed by atoms with Crippen LogP contribution in [0.1, 0.15) is 32.6 Å². The number of pyridine rings is 1. The van der Waals surface area contributed by atoms with Crippen LogP contribution in [0.2, 0.25) is 0 Å². The van der Waals surface area contributed by atoms with Crippen LogP contribution in [0.4, 0.5) is 4.79 Å². The van der Waals surface area contributed by atoms with Gasteiger partial charge in [0.15, 0.2) is 6.10 Å². The lowest BCUT2D eigenvalue weighted by Gasteiger charge is -2.22. The fourth-order valence-corrected chi connectivity index (χ4v) is 1.45. The van der Waals surface area contributed by atoms with E-state index >= 15 is 0 Å². The first-order chi connectivity index (χ1) is 9.74. The Hall–Kier alpha value is -2.37. The van der Waals surface area contributed by atoms with Crippen molar-refractivity contribution in [1.29, 1.82) is 0 Å². The summed E-state index contributed by atoms with van der Waals surface area (Å²) in [6.07, 6.45) is -0.456. The summed E-state index contributed by atoms with van der Waals surface area (Å²) in [5, 5.41) is 0. The highest BCUT2D eigenvalue weighted by atomic mass is 16.7. The Labute approximate surface area is 123 Å². The quantitative estimate of drug-likeness (QED) is 0.627. The zero-order valence-electron chi connectivity index (χ0n) is 12.6. The van der Waals surface area contributed by atoms with Crippen molar-refractivity contribution in [3.63, 3.8) is 0 Å². The van der Waals surface area contributed by atoms with Gasteiger partial charge in [0.05, 0.1) is 18.4 Å². The van der Waals surface area contributed by atoms with Gasteiger partial charge in [-0.15, -0.1) is 0 Å². The number of carbonyl (C=O) groups is 2. The average molecular weight is 293 g/mol. The number of methoxy groups -OCH3 is 1. The molecule has 1 aromatic heterocycles. The van der Waals surface area contributed by atoms with E-state index in [1.807, 2.05) is 0 Å². The third kappa shape index (κ3) is 5.25. The van der Waals surface area contributed by atoms with E-state index in [9.17, 15) is 9.59 Å². The molecule has 0 N–H and O–H groups in total. The predicted octanol–water partition coefficient (Wildman–Crippen LogP) is 2.80. The molecule has 0 amide bonds. The Kier molecular flexibility index (Phi) is 5.46. The van der Waals surface area contributed by atoms with E-state index in [0.717, 1.165) is 0 Å². The maximum atomic E-state index is 11.8. The van der Waals surface area contributed by atoms with Crippen LogP contribution in [-0.2, 0) is 19.0 Å². The maximum Gasteiger partial charge on any atom is 0.509 e. The third-order valence-electron chi connectivity index (χ3n) is 2.32. The number of rotatable bonds is 4. The standard InChI is InChI=1S/C15H19NO5/c1-10(13(17)19-5)12(11-8-6-7-9-16-11)20-14(18)21-15(2,3)4/h6-9,12H,1H2,2-5H3. The van der Waals surface area contributed by atoms with Gasteiger partial charge in [0.2, 0.25) is 0 Å². The molecule has 1 atom stereocenters. The Balaban J connectivity index is 2.96. The largest absolute Gasteiger partial charge is 0.509 e. The second-order valence-corrected chi connectivity index (χ2v) is 5.23. The predicted molar refractivity (Wildman–Crippen MR) is 75.5 cm³/mol. The zero-order valence-corrected chi connectivity index (χ0v) is 12.6. The van der Waals surface area contributed by atoms with Crippen LogP contribution in [-0.4, -0.2) is 29.8 Å². The van der Waals surface area contributed by atoms with Crippen molar-refractivity contribution in [2.24, 2.45) is 0 Å². The minimum absolute atomic E-state index is 0.0398. The number of nitrogens with zero attached hydrogens (tertiary/aromatic N) is 1. The van der Waals surface area contributed by atoms with Crippen molar-refractivity contribution in [2.45, 2.75) is 32.5 Å². The van der Waals surface area contributed by atoms with Crippen LogP contribution < -0.4 is 0 Å². The van der Waals surface area contributed by atoms with E-state index in [1.54, 1.807) is 39.0 Å². The van der Waals surface area contributed by atoms with Gasteiger partial charge in [0.25, 0.3) is 0 Å². The molecule has 1 unspecified atom stereocenters. The molecule has 1 heterocycles. The maximum absolute atomic E-state index is 11.8. The van der Waals surface area contributed by atoms with Crippen molar-refractivity contribution < 1.29 is 23.8 Å². The minimum Gasteiger partial charge on any atom is -0.466 e. The Morgan fingerprint density at radius 3 is 2.43 bits per heavy atom. The van der Waals surface area contributed by atoms with Crippen molar-refractivity contribution in [2.75, 3.05) is 7.11 Å². The highest BCUT2D eigenvalue weighted by molar-refractivity contribution is 5.89. The lowest BCUT2D eigenvalue weighted by atomic mass is 10.1. The van der Waals surface area contributed by atoms with Crippen molar-refractivity contribution in [1.82, 2.24) is 4.98 Å². The molecule has 114 valence electrons. The number of ether oxygens (including phenoxy) is 3. The molecule has 1 aromatic rings. The lowest BCUT2D eigenvalue weighted by molar-refractivity contribution is -0.137. The van der Waals surface area contributed by atoms with Crippen LogP contribution in [0.15, 0.2) is 36.5 Å². The van der Waals surface area contributed by atoms with Gasteiger partial charge in [0.1, 0.15) is 5.60 Å². The first-order valence-electron chi connectivity index (χ1n) is 6.32. The molecule has 0 saturated carbocycles. The van der Waals surface area contributed by atoms with E-state index < -0.39 is 23.8 Å². The molecule has 6 nitrogen and oxygen atoms in total. The fraction of sp³-hybridized carbons (Fsp3) is 0.400. The van der Waals surface area contributed by atoms with E-state index in [-0.39, 0.29) is 5.57 Å². The fourth-order valence-electron chi connectivity index (χ4n) is 1.45. The number of aromatic nitrogens is 1. The van der Waals surface area contributed by atoms with Crippen LogP contribution in [0.25, 0.3) is 0 Å². The summed E-state index contributed by atoms with van der Waals surface area (Å²) in [6, 6.07) is 5.02. The highest BCUT2D eigenvalue weighted by Gasteiger charge is 2.29. The molecular formula is C15H19NO5. The van der Waals surface area contributed by atoms with Gasteiger partial charge in [-0.1, -0.05) is 12.6 Å². The van der Waals surface area contributed by atoms with Crippen LogP contribution >= 0.6 is 0 Å². The summed E-state index contributed by atoms with van der Waals surface area (Å²) < 4.78 is 14.8. The van der Waals surface area contributed by atoms with Gasteiger partial charge < -0.3 is 14.2 Å². The van der Waals surface area contributed by atoms with Gasteiger partial charge in [-0.3, -0.25) is 4.98 Å². The summed E-state index contributed by atoms with van der Waals surface area (Å²) in [6.45, 7) is 8.73. The van der Waals surface area contributed by atoms with Gasteiger partial charge in [0, 0.05) is 6.20 Å². The molecular weight excluding hydrogens is 274 g/mol. The molecule has 0 bridgehead atoms. The van der Waals surface area contributed by atoms with Crippen LogP contribution in [0, 0.1) is 0 Å².